The highest BCUT2D eigenvalue weighted by atomic mass is 16.2. The summed E-state index contributed by atoms with van der Waals surface area (Å²) in [6, 6.07) is 11.1. The number of rotatable bonds is 3. The molecule has 2 heterocycles. The molecule has 0 N–H and O–H groups in total. The van der Waals surface area contributed by atoms with Crippen LogP contribution in [0.25, 0.3) is 0 Å². The van der Waals surface area contributed by atoms with E-state index in [4.69, 9.17) is 0 Å². The van der Waals surface area contributed by atoms with E-state index in [-0.39, 0.29) is 29.3 Å². The topological polar surface area (TPSA) is 40.6 Å². The molecule has 1 unspecified atom stereocenters. The molecule has 3 aliphatic rings. The third-order valence-electron chi connectivity index (χ3n) is 6.99. The number of β-lactam (4-membered cyclic amide) rings is 1. The summed E-state index contributed by atoms with van der Waals surface area (Å²) in [7, 11) is 0. The fraction of sp³-hybridized carbons (Fsp3) is 0.652. The Bertz CT molecular complexity index is 686. The van der Waals surface area contributed by atoms with Gasteiger partial charge in [0, 0.05) is 25.0 Å². The lowest BCUT2D eigenvalue weighted by molar-refractivity contribution is -0.186. The first-order chi connectivity index (χ1) is 13.0. The van der Waals surface area contributed by atoms with E-state index >= 15 is 0 Å². The fourth-order valence-corrected chi connectivity index (χ4v) is 5.58. The Morgan fingerprint density at radius 2 is 1.67 bits per heavy atom. The van der Waals surface area contributed by atoms with E-state index in [1.165, 1.54) is 24.8 Å². The normalized spacial score (nSPS) is 25.7. The number of carbonyl (C=O) groups excluding carboxylic acids is 2. The largest absolute Gasteiger partial charge is 0.342 e. The second-order valence-corrected chi connectivity index (χ2v) is 8.95. The van der Waals surface area contributed by atoms with Crippen molar-refractivity contribution in [3.05, 3.63) is 35.9 Å². The van der Waals surface area contributed by atoms with E-state index in [2.05, 4.69) is 35.2 Å². The van der Waals surface area contributed by atoms with Crippen LogP contribution in [0.3, 0.4) is 0 Å². The first-order valence-electron chi connectivity index (χ1n) is 10.7. The molecular weight excluding hydrogens is 336 g/mol. The molecule has 4 rings (SSSR count). The van der Waals surface area contributed by atoms with Gasteiger partial charge in [0.2, 0.25) is 11.8 Å². The van der Waals surface area contributed by atoms with Crippen molar-refractivity contribution in [2.45, 2.75) is 70.9 Å². The van der Waals surface area contributed by atoms with Gasteiger partial charge in [0.05, 0.1) is 11.5 Å². The van der Waals surface area contributed by atoms with Gasteiger partial charge in [-0.3, -0.25) is 9.59 Å². The number of amides is 2. The molecule has 146 valence electrons. The van der Waals surface area contributed by atoms with Crippen LogP contribution in [0.4, 0.5) is 0 Å². The van der Waals surface area contributed by atoms with E-state index in [1.807, 2.05) is 18.7 Å². The van der Waals surface area contributed by atoms with Gasteiger partial charge in [0.15, 0.2) is 0 Å². The van der Waals surface area contributed by atoms with Gasteiger partial charge in [-0.25, -0.2) is 0 Å². The molecule has 27 heavy (non-hydrogen) atoms. The van der Waals surface area contributed by atoms with Crippen molar-refractivity contribution >= 4 is 11.8 Å². The van der Waals surface area contributed by atoms with Crippen LogP contribution in [0.1, 0.15) is 70.4 Å². The fourth-order valence-electron chi connectivity index (χ4n) is 5.58. The Kier molecular flexibility index (Phi) is 5.00. The quantitative estimate of drug-likeness (QED) is 0.752. The monoisotopic (exact) mass is 368 g/mol. The van der Waals surface area contributed by atoms with Crippen molar-refractivity contribution in [3.63, 3.8) is 0 Å². The van der Waals surface area contributed by atoms with Gasteiger partial charge in [0.1, 0.15) is 0 Å². The summed E-state index contributed by atoms with van der Waals surface area (Å²) in [5.74, 6) is 0.672. The van der Waals surface area contributed by atoms with Crippen molar-refractivity contribution in [1.82, 2.24) is 9.80 Å². The van der Waals surface area contributed by atoms with Crippen LogP contribution in [0, 0.1) is 11.3 Å². The van der Waals surface area contributed by atoms with Gasteiger partial charge in [-0.2, -0.15) is 0 Å². The molecule has 2 amide bonds. The minimum Gasteiger partial charge on any atom is -0.342 e. The summed E-state index contributed by atoms with van der Waals surface area (Å²) < 4.78 is 0. The summed E-state index contributed by atoms with van der Waals surface area (Å²) in [4.78, 5) is 29.9. The van der Waals surface area contributed by atoms with Crippen LogP contribution >= 0.6 is 0 Å². The third-order valence-corrected chi connectivity index (χ3v) is 6.99. The summed E-state index contributed by atoms with van der Waals surface area (Å²) in [5.41, 5.74) is 1.13. The zero-order valence-electron chi connectivity index (χ0n) is 16.7. The first kappa shape index (κ1) is 18.5. The first-order valence-corrected chi connectivity index (χ1v) is 10.7. The molecule has 1 aromatic carbocycles. The minimum atomic E-state index is -0.162. The second-order valence-electron chi connectivity index (χ2n) is 8.95. The predicted molar refractivity (Wildman–Crippen MR) is 106 cm³/mol. The smallest absolute Gasteiger partial charge is 0.232 e. The van der Waals surface area contributed by atoms with Gasteiger partial charge >= 0.3 is 0 Å². The Morgan fingerprint density at radius 3 is 2.26 bits per heavy atom. The number of hydrogen-bond acceptors (Lipinski definition) is 2. The van der Waals surface area contributed by atoms with E-state index < -0.39 is 0 Å². The number of hydrogen-bond donors (Lipinski definition) is 0. The molecule has 0 bridgehead atoms. The standard InChI is InChI=1S/C23H32N2O2/c1-17(2)21(26)24-15-11-19(12-16-24)25-20(18-9-5-3-6-10-18)23(22(25)27)13-7-4-8-14-23/h3,5-6,9-10,17,19-20H,4,7-8,11-16H2,1-2H3. The number of benzene rings is 1. The second kappa shape index (κ2) is 7.29. The lowest BCUT2D eigenvalue weighted by Gasteiger charge is -2.61. The van der Waals surface area contributed by atoms with E-state index in [1.54, 1.807) is 0 Å². The van der Waals surface area contributed by atoms with Crippen molar-refractivity contribution in [2.75, 3.05) is 13.1 Å². The molecule has 2 aliphatic heterocycles. The molecule has 1 aliphatic carbocycles. The van der Waals surface area contributed by atoms with Crippen molar-refractivity contribution in [3.8, 4) is 0 Å². The van der Waals surface area contributed by atoms with Crippen LogP contribution in [0.2, 0.25) is 0 Å². The Balaban J connectivity index is 1.54. The minimum absolute atomic E-state index is 0.0507. The van der Waals surface area contributed by atoms with Gasteiger partial charge in [-0.15, -0.1) is 0 Å². The SMILES string of the molecule is CC(C)C(=O)N1CCC(N2C(=O)C3(CCCCC3)C2c2ccccc2)CC1. The zero-order valence-corrected chi connectivity index (χ0v) is 16.7. The van der Waals surface area contributed by atoms with Crippen molar-refractivity contribution in [1.29, 1.82) is 0 Å². The number of piperidine rings is 1. The van der Waals surface area contributed by atoms with Gasteiger partial charge in [0.25, 0.3) is 0 Å². The molecule has 4 heteroatoms. The highest BCUT2D eigenvalue weighted by Crippen LogP contribution is 2.59. The van der Waals surface area contributed by atoms with Crippen LogP contribution in [-0.2, 0) is 9.59 Å². The third kappa shape index (κ3) is 3.07. The maximum Gasteiger partial charge on any atom is 0.232 e. The predicted octanol–water partition coefficient (Wildman–Crippen LogP) is 4.17. The summed E-state index contributed by atoms with van der Waals surface area (Å²) >= 11 is 0. The molecule has 4 nitrogen and oxygen atoms in total. The van der Waals surface area contributed by atoms with E-state index in [0.717, 1.165) is 38.8 Å². The molecule has 1 saturated carbocycles. The molecule has 1 spiro atoms. The number of carbonyl (C=O) groups is 2. The van der Waals surface area contributed by atoms with Crippen molar-refractivity contribution < 1.29 is 9.59 Å². The van der Waals surface area contributed by atoms with Gasteiger partial charge in [-0.05, 0) is 31.2 Å². The average Bonchev–Trinajstić information content (AvgIpc) is 2.72. The maximum atomic E-state index is 13.4. The molecule has 1 aromatic rings. The van der Waals surface area contributed by atoms with Crippen LogP contribution in [0.15, 0.2) is 30.3 Å². The number of likely N-dealkylation sites (tertiary alicyclic amines) is 2. The van der Waals surface area contributed by atoms with Crippen LogP contribution in [0.5, 0.6) is 0 Å². The maximum absolute atomic E-state index is 13.4. The summed E-state index contributed by atoms with van der Waals surface area (Å²) in [6.45, 7) is 5.48. The van der Waals surface area contributed by atoms with Crippen LogP contribution < -0.4 is 0 Å². The molecule has 0 radical (unpaired) electrons. The molecule has 1 atom stereocenters. The van der Waals surface area contributed by atoms with Gasteiger partial charge in [-0.1, -0.05) is 63.4 Å². The van der Waals surface area contributed by atoms with Crippen LogP contribution in [-0.4, -0.2) is 40.7 Å². The van der Waals surface area contributed by atoms with Gasteiger partial charge < -0.3 is 9.80 Å². The Labute approximate surface area is 162 Å². The van der Waals surface area contributed by atoms with E-state index in [9.17, 15) is 9.59 Å². The zero-order chi connectivity index (χ0) is 19.0. The van der Waals surface area contributed by atoms with Crippen molar-refractivity contribution in [2.24, 2.45) is 11.3 Å². The molecule has 3 fully saturated rings. The molecule has 0 aromatic heterocycles. The highest BCUT2D eigenvalue weighted by Gasteiger charge is 2.62. The Hall–Kier alpha value is -1.84. The summed E-state index contributed by atoms with van der Waals surface area (Å²) in [5, 5.41) is 0. The summed E-state index contributed by atoms with van der Waals surface area (Å²) in [6.07, 6.45) is 7.48. The Morgan fingerprint density at radius 1 is 1.04 bits per heavy atom. The lowest BCUT2D eigenvalue weighted by Crippen LogP contribution is -2.67. The average molecular weight is 369 g/mol. The lowest BCUT2D eigenvalue weighted by atomic mass is 9.59. The molecule has 2 saturated heterocycles. The number of nitrogens with zero attached hydrogens (tertiary/aromatic N) is 2. The molecular formula is C23H32N2O2. The highest BCUT2D eigenvalue weighted by molar-refractivity contribution is 5.91. The van der Waals surface area contributed by atoms with E-state index in [0.29, 0.717) is 5.91 Å².